The van der Waals surface area contributed by atoms with Crippen molar-refractivity contribution in [3.8, 4) is 17.2 Å². The first kappa shape index (κ1) is 22.4. The Morgan fingerprint density at radius 2 is 1.49 bits per heavy atom. The molecule has 3 aromatic carbocycles. The summed E-state index contributed by atoms with van der Waals surface area (Å²) < 4.78 is 16.9. The van der Waals surface area contributed by atoms with Gasteiger partial charge in [-0.15, -0.1) is 0 Å². The van der Waals surface area contributed by atoms with Crippen LogP contribution in [0.2, 0.25) is 0 Å². The molecule has 0 unspecified atom stereocenters. The average Bonchev–Trinajstić information content (AvgIpc) is 3.32. The van der Waals surface area contributed by atoms with E-state index in [1.807, 2.05) is 66.7 Å². The lowest BCUT2D eigenvalue weighted by molar-refractivity contribution is 0.174. The molecule has 5 rings (SSSR count). The van der Waals surface area contributed by atoms with E-state index in [0.29, 0.717) is 23.4 Å². The van der Waals surface area contributed by atoms with E-state index in [1.54, 1.807) is 13.3 Å². The summed E-state index contributed by atoms with van der Waals surface area (Å²) in [7, 11) is 1.62. The second-order valence-electron chi connectivity index (χ2n) is 7.25. The maximum Gasteiger partial charge on any atom is 0.250 e. The predicted octanol–water partition coefficient (Wildman–Crippen LogP) is 5.30. The smallest absolute Gasteiger partial charge is 0.250 e. The first-order chi connectivity index (χ1) is 17.2. The van der Waals surface area contributed by atoms with Gasteiger partial charge in [-0.25, -0.2) is 5.43 Å². The number of nitrogens with zero attached hydrogens (tertiary/aromatic N) is 4. The van der Waals surface area contributed by atoms with Gasteiger partial charge in [0.2, 0.25) is 24.6 Å². The lowest BCUT2D eigenvalue weighted by Gasteiger charge is -2.10. The summed E-state index contributed by atoms with van der Waals surface area (Å²) in [4.78, 5) is 13.4. The number of hydrazone groups is 1. The molecule has 0 bridgehead atoms. The summed E-state index contributed by atoms with van der Waals surface area (Å²) in [6, 6.07) is 20.7. The summed E-state index contributed by atoms with van der Waals surface area (Å²) in [6.45, 7) is 0.201. The molecule has 0 amide bonds. The molecule has 0 fully saturated rings. The lowest BCUT2D eigenvalue weighted by atomic mass is 10.2. The van der Waals surface area contributed by atoms with Crippen molar-refractivity contribution in [2.45, 2.75) is 0 Å². The molecule has 0 atom stereocenters. The van der Waals surface area contributed by atoms with Crippen LogP contribution in [-0.2, 0) is 0 Å². The molecule has 11 heteroatoms. The van der Waals surface area contributed by atoms with Gasteiger partial charge in [0, 0.05) is 21.4 Å². The van der Waals surface area contributed by atoms with Gasteiger partial charge in [0.1, 0.15) is 5.75 Å². The monoisotopic (exact) mass is 533 g/mol. The highest BCUT2D eigenvalue weighted by Gasteiger charge is 2.15. The zero-order valence-electron chi connectivity index (χ0n) is 18.5. The fourth-order valence-corrected chi connectivity index (χ4v) is 3.61. The van der Waals surface area contributed by atoms with E-state index < -0.39 is 0 Å². The van der Waals surface area contributed by atoms with Gasteiger partial charge < -0.3 is 24.8 Å². The molecule has 1 aliphatic rings. The van der Waals surface area contributed by atoms with Gasteiger partial charge in [-0.2, -0.15) is 20.1 Å². The molecule has 0 saturated carbocycles. The molecule has 3 N–H and O–H groups in total. The Labute approximate surface area is 209 Å². The average molecular weight is 534 g/mol. The normalized spacial score (nSPS) is 11.9. The van der Waals surface area contributed by atoms with Crippen LogP contribution in [0.1, 0.15) is 5.56 Å². The van der Waals surface area contributed by atoms with Gasteiger partial charge in [0.25, 0.3) is 0 Å². The fraction of sp³-hybridized carbons (Fsp3) is 0.0833. The van der Waals surface area contributed by atoms with E-state index in [2.05, 4.69) is 52.0 Å². The van der Waals surface area contributed by atoms with Gasteiger partial charge in [0.05, 0.1) is 13.3 Å². The van der Waals surface area contributed by atoms with E-state index in [4.69, 9.17) is 14.2 Å². The van der Waals surface area contributed by atoms with Crippen LogP contribution in [-0.4, -0.2) is 35.1 Å². The topological polar surface area (TPSA) is 115 Å². The number of nitrogens with one attached hydrogen (secondary N) is 3. The summed E-state index contributed by atoms with van der Waals surface area (Å²) in [5, 5.41) is 10.7. The molecule has 0 radical (unpaired) electrons. The number of hydrogen-bond donors (Lipinski definition) is 3. The molecule has 0 aliphatic carbocycles. The Hall–Kier alpha value is -4.38. The number of fused-ring (bicyclic) bond motifs is 1. The summed E-state index contributed by atoms with van der Waals surface area (Å²) in [6.07, 6.45) is 1.64. The van der Waals surface area contributed by atoms with Crippen molar-refractivity contribution < 1.29 is 14.2 Å². The van der Waals surface area contributed by atoms with Crippen LogP contribution in [0, 0.1) is 0 Å². The van der Waals surface area contributed by atoms with Gasteiger partial charge in [-0.05, 0) is 64.5 Å². The molecule has 176 valence electrons. The van der Waals surface area contributed by atoms with Crippen molar-refractivity contribution in [3.05, 3.63) is 76.8 Å². The van der Waals surface area contributed by atoms with Crippen LogP contribution in [0.15, 0.2) is 76.3 Å². The van der Waals surface area contributed by atoms with Crippen molar-refractivity contribution in [1.82, 2.24) is 15.0 Å². The van der Waals surface area contributed by atoms with E-state index in [9.17, 15) is 0 Å². The number of halogens is 1. The second kappa shape index (κ2) is 10.3. The van der Waals surface area contributed by atoms with Crippen molar-refractivity contribution in [2.75, 3.05) is 30.0 Å². The number of rotatable bonds is 8. The van der Waals surface area contributed by atoms with Crippen LogP contribution in [0.4, 0.5) is 29.2 Å². The molecule has 4 aromatic rings. The molecule has 0 saturated heterocycles. The molecule has 0 spiro atoms. The molecular weight excluding hydrogens is 514 g/mol. The SMILES string of the molecule is COc1ccc(Nc2nc(N/N=C\c3cc4c(cc3Br)OCO4)nc(Nc3ccccc3)n2)cc1. The van der Waals surface area contributed by atoms with Crippen molar-refractivity contribution >= 4 is 51.4 Å². The number of aromatic nitrogens is 3. The summed E-state index contributed by atoms with van der Waals surface area (Å²) in [5.74, 6) is 3.04. The predicted molar refractivity (Wildman–Crippen MR) is 137 cm³/mol. The summed E-state index contributed by atoms with van der Waals surface area (Å²) >= 11 is 3.52. The number of methoxy groups -OCH3 is 1. The Morgan fingerprint density at radius 1 is 0.857 bits per heavy atom. The van der Waals surface area contributed by atoms with Crippen LogP contribution < -0.4 is 30.3 Å². The number of para-hydroxylation sites is 1. The van der Waals surface area contributed by atoms with Crippen molar-refractivity contribution in [2.24, 2.45) is 5.10 Å². The maximum atomic E-state index is 5.44. The standard InChI is InChI=1S/C24H20BrN7O3/c1-33-18-9-7-17(8-10-18)28-23-29-22(27-16-5-3-2-4-6-16)30-24(31-23)32-26-13-15-11-20-21(12-19(15)25)35-14-34-20/h2-13H,14H2,1H3,(H3,27,28,29,30,31,32)/b26-13-. The Balaban J connectivity index is 1.38. The highest BCUT2D eigenvalue weighted by atomic mass is 79.9. The first-order valence-corrected chi connectivity index (χ1v) is 11.3. The lowest BCUT2D eigenvalue weighted by Crippen LogP contribution is -2.07. The number of benzene rings is 3. The second-order valence-corrected chi connectivity index (χ2v) is 8.10. The third-order valence-corrected chi connectivity index (χ3v) is 5.56. The largest absolute Gasteiger partial charge is 0.497 e. The van der Waals surface area contributed by atoms with Gasteiger partial charge in [-0.3, -0.25) is 0 Å². The van der Waals surface area contributed by atoms with E-state index in [1.165, 1.54) is 0 Å². The van der Waals surface area contributed by atoms with Crippen LogP contribution in [0.3, 0.4) is 0 Å². The molecule has 2 heterocycles. The minimum atomic E-state index is 0.201. The van der Waals surface area contributed by atoms with E-state index in [0.717, 1.165) is 27.2 Å². The van der Waals surface area contributed by atoms with Crippen LogP contribution >= 0.6 is 15.9 Å². The number of hydrogen-bond acceptors (Lipinski definition) is 10. The van der Waals surface area contributed by atoms with Gasteiger partial charge in [-0.1, -0.05) is 18.2 Å². The third-order valence-electron chi connectivity index (χ3n) is 4.87. The van der Waals surface area contributed by atoms with Crippen LogP contribution in [0.25, 0.3) is 0 Å². The van der Waals surface area contributed by atoms with Gasteiger partial charge in [0.15, 0.2) is 11.5 Å². The molecule has 35 heavy (non-hydrogen) atoms. The maximum absolute atomic E-state index is 5.44. The Morgan fingerprint density at radius 3 is 2.17 bits per heavy atom. The minimum Gasteiger partial charge on any atom is -0.497 e. The van der Waals surface area contributed by atoms with Crippen molar-refractivity contribution in [3.63, 3.8) is 0 Å². The summed E-state index contributed by atoms with van der Waals surface area (Å²) in [5.41, 5.74) is 5.31. The molecular formula is C24H20BrN7O3. The zero-order valence-corrected chi connectivity index (χ0v) is 20.1. The quantitative estimate of drug-likeness (QED) is 0.205. The van der Waals surface area contributed by atoms with E-state index in [-0.39, 0.29) is 12.7 Å². The van der Waals surface area contributed by atoms with E-state index >= 15 is 0 Å². The fourth-order valence-electron chi connectivity index (χ4n) is 3.18. The van der Waals surface area contributed by atoms with Gasteiger partial charge >= 0.3 is 0 Å². The number of anilines is 5. The van der Waals surface area contributed by atoms with Crippen molar-refractivity contribution in [1.29, 1.82) is 0 Å². The highest BCUT2D eigenvalue weighted by molar-refractivity contribution is 9.10. The molecule has 1 aliphatic heterocycles. The zero-order chi connectivity index (χ0) is 24.0. The third kappa shape index (κ3) is 5.58. The molecule has 1 aromatic heterocycles. The number of ether oxygens (including phenoxy) is 3. The first-order valence-electron chi connectivity index (χ1n) is 10.5. The Bertz CT molecular complexity index is 1350. The molecule has 10 nitrogen and oxygen atoms in total. The minimum absolute atomic E-state index is 0.201. The van der Waals surface area contributed by atoms with Crippen LogP contribution in [0.5, 0.6) is 17.2 Å². The highest BCUT2D eigenvalue weighted by Crippen LogP contribution is 2.36. The Kier molecular flexibility index (Phi) is 6.57.